The van der Waals surface area contributed by atoms with Crippen LogP contribution in [0.4, 0.5) is 10.5 Å². The summed E-state index contributed by atoms with van der Waals surface area (Å²) in [7, 11) is 0. The van der Waals surface area contributed by atoms with Gasteiger partial charge in [0.25, 0.3) is 0 Å². The average Bonchev–Trinajstić information content (AvgIpc) is 2.99. The highest BCUT2D eigenvalue weighted by atomic mass is 16.6. The van der Waals surface area contributed by atoms with E-state index in [2.05, 4.69) is 5.32 Å². The predicted molar refractivity (Wildman–Crippen MR) is 111 cm³/mol. The molecule has 7 heteroatoms. The Morgan fingerprint density at radius 3 is 2.28 bits per heavy atom. The molecule has 1 heterocycles. The number of amides is 2. The van der Waals surface area contributed by atoms with Crippen LogP contribution in [0.25, 0.3) is 0 Å². The fraction of sp³-hybridized carbons (Fsp3) is 0.591. The van der Waals surface area contributed by atoms with Gasteiger partial charge >= 0.3 is 12.1 Å². The van der Waals surface area contributed by atoms with Crippen LogP contribution in [0.15, 0.2) is 24.3 Å². The Morgan fingerprint density at radius 2 is 1.66 bits per heavy atom. The minimum Gasteiger partial charge on any atom is -0.458 e. The summed E-state index contributed by atoms with van der Waals surface area (Å²) in [4.78, 5) is 39.2. The number of carbonyl (C=O) groups is 3. The monoisotopic (exact) mass is 404 g/mol. The number of nitrogens with zero attached hydrogens (tertiary/aromatic N) is 1. The quantitative estimate of drug-likeness (QED) is 0.758. The highest BCUT2D eigenvalue weighted by Gasteiger charge is 2.31. The Labute approximate surface area is 172 Å². The SMILES string of the molecule is CC(C)(C)OC(=O)N[C@@H](CCC(=O)N1CCc2ccccc21)C(=O)OC(C)(C)C. The first-order valence-corrected chi connectivity index (χ1v) is 9.96. The van der Waals surface area contributed by atoms with E-state index >= 15 is 0 Å². The molecule has 1 aromatic rings. The van der Waals surface area contributed by atoms with Crippen molar-refractivity contribution in [3.05, 3.63) is 29.8 Å². The molecule has 0 saturated carbocycles. The van der Waals surface area contributed by atoms with Crippen LogP contribution in [0.5, 0.6) is 0 Å². The van der Waals surface area contributed by atoms with E-state index in [4.69, 9.17) is 9.47 Å². The molecule has 0 aliphatic carbocycles. The van der Waals surface area contributed by atoms with Crippen LogP contribution in [-0.4, -0.2) is 41.8 Å². The Balaban J connectivity index is 2.04. The van der Waals surface area contributed by atoms with Crippen LogP contribution in [0.2, 0.25) is 0 Å². The van der Waals surface area contributed by atoms with Gasteiger partial charge in [-0.15, -0.1) is 0 Å². The van der Waals surface area contributed by atoms with Crippen molar-refractivity contribution in [2.45, 2.75) is 78.0 Å². The summed E-state index contributed by atoms with van der Waals surface area (Å²) in [6.45, 7) is 11.1. The molecule has 0 bridgehead atoms. The van der Waals surface area contributed by atoms with Gasteiger partial charge in [0.15, 0.2) is 0 Å². The van der Waals surface area contributed by atoms with Crippen molar-refractivity contribution in [2.75, 3.05) is 11.4 Å². The third-order valence-electron chi connectivity index (χ3n) is 4.22. The Bertz CT molecular complexity index is 761. The van der Waals surface area contributed by atoms with Gasteiger partial charge in [-0.2, -0.15) is 0 Å². The minimum atomic E-state index is -0.967. The Kier molecular flexibility index (Phi) is 6.93. The van der Waals surface area contributed by atoms with Crippen molar-refractivity contribution in [3.63, 3.8) is 0 Å². The molecule has 0 spiro atoms. The van der Waals surface area contributed by atoms with Crippen molar-refractivity contribution in [1.82, 2.24) is 5.32 Å². The van der Waals surface area contributed by atoms with Crippen LogP contribution in [0.3, 0.4) is 0 Å². The van der Waals surface area contributed by atoms with Gasteiger partial charge in [-0.3, -0.25) is 4.79 Å². The molecule has 1 N–H and O–H groups in total. The molecule has 0 radical (unpaired) electrons. The molecule has 29 heavy (non-hydrogen) atoms. The molecule has 0 fully saturated rings. The zero-order chi connectivity index (χ0) is 21.8. The van der Waals surface area contributed by atoms with E-state index in [1.165, 1.54) is 0 Å². The molecule has 160 valence electrons. The molecule has 1 aliphatic rings. The maximum atomic E-state index is 12.8. The summed E-state index contributed by atoms with van der Waals surface area (Å²) in [6, 6.07) is 6.82. The summed E-state index contributed by atoms with van der Waals surface area (Å²) < 4.78 is 10.7. The Hall–Kier alpha value is -2.57. The van der Waals surface area contributed by atoms with E-state index < -0.39 is 29.3 Å². The standard InChI is InChI=1S/C22H32N2O5/c1-21(2,3)28-19(26)16(23-20(27)29-22(4,5)6)11-12-18(25)24-14-13-15-9-7-8-10-17(15)24/h7-10,16H,11-14H2,1-6H3,(H,23,27)/t16-/m0/s1. The third-order valence-corrected chi connectivity index (χ3v) is 4.22. The predicted octanol–water partition coefficient (Wildman–Crippen LogP) is 3.59. The zero-order valence-electron chi connectivity index (χ0n) is 18.2. The number of ether oxygens (including phenoxy) is 2. The van der Waals surface area contributed by atoms with Gasteiger partial charge in [0.2, 0.25) is 5.91 Å². The van der Waals surface area contributed by atoms with E-state index in [0.29, 0.717) is 6.54 Å². The summed E-state index contributed by atoms with van der Waals surface area (Å²) in [5, 5.41) is 2.55. The first-order valence-electron chi connectivity index (χ1n) is 9.96. The molecule has 1 atom stereocenters. The highest BCUT2D eigenvalue weighted by molar-refractivity contribution is 5.95. The van der Waals surface area contributed by atoms with Crippen LogP contribution < -0.4 is 10.2 Å². The van der Waals surface area contributed by atoms with E-state index in [1.807, 2.05) is 24.3 Å². The molecule has 0 saturated heterocycles. The molecule has 1 aromatic carbocycles. The molecule has 1 aliphatic heterocycles. The lowest BCUT2D eigenvalue weighted by Gasteiger charge is -2.26. The van der Waals surface area contributed by atoms with Gasteiger partial charge in [0.1, 0.15) is 17.2 Å². The van der Waals surface area contributed by atoms with Gasteiger partial charge in [-0.1, -0.05) is 18.2 Å². The fourth-order valence-electron chi connectivity index (χ4n) is 3.07. The molecule has 2 rings (SSSR count). The number of alkyl carbamates (subject to hydrolysis) is 1. The number of rotatable bonds is 5. The molecular weight excluding hydrogens is 372 g/mol. The van der Waals surface area contributed by atoms with Crippen LogP contribution >= 0.6 is 0 Å². The van der Waals surface area contributed by atoms with E-state index in [0.717, 1.165) is 17.7 Å². The minimum absolute atomic E-state index is 0.0884. The zero-order valence-corrected chi connectivity index (χ0v) is 18.2. The average molecular weight is 405 g/mol. The van der Waals surface area contributed by atoms with Crippen LogP contribution in [0, 0.1) is 0 Å². The van der Waals surface area contributed by atoms with Gasteiger partial charge < -0.3 is 19.7 Å². The summed E-state index contributed by atoms with van der Waals surface area (Å²) in [6.07, 6.45) is 0.333. The number of para-hydroxylation sites is 1. The summed E-state index contributed by atoms with van der Waals surface area (Å²) >= 11 is 0. The van der Waals surface area contributed by atoms with Crippen LogP contribution in [0.1, 0.15) is 59.9 Å². The van der Waals surface area contributed by atoms with Gasteiger partial charge in [0, 0.05) is 18.7 Å². The van der Waals surface area contributed by atoms with E-state index in [1.54, 1.807) is 46.4 Å². The van der Waals surface area contributed by atoms with Crippen molar-refractivity contribution in [3.8, 4) is 0 Å². The topological polar surface area (TPSA) is 84.9 Å². The first-order chi connectivity index (χ1) is 13.4. The number of hydrogen-bond acceptors (Lipinski definition) is 5. The lowest BCUT2D eigenvalue weighted by molar-refractivity contribution is -0.157. The van der Waals surface area contributed by atoms with Crippen molar-refractivity contribution in [1.29, 1.82) is 0 Å². The van der Waals surface area contributed by atoms with Gasteiger partial charge in [-0.25, -0.2) is 9.59 Å². The highest BCUT2D eigenvalue weighted by Crippen LogP contribution is 2.28. The number of carbonyl (C=O) groups excluding carboxylic acids is 3. The van der Waals surface area contributed by atoms with E-state index in [-0.39, 0.29) is 18.7 Å². The number of fused-ring (bicyclic) bond motifs is 1. The molecule has 7 nitrogen and oxygen atoms in total. The Morgan fingerprint density at radius 1 is 1.03 bits per heavy atom. The number of benzene rings is 1. The number of nitrogens with one attached hydrogen (secondary N) is 1. The maximum Gasteiger partial charge on any atom is 0.408 e. The number of anilines is 1. The van der Waals surface area contributed by atoms with E-state index in [9.17, 15) is 14.4 Å². The third kappa shape index (κ3) is 7.07. The largest absolute Gasteiger partial charge is 0.458 e. The molecule has 0 unspecified atom stereocenters. The lowest BCUT2D eigenvalue weighted by Crippen LogP contribution is -2.46. The second-order valence-electron chi connectivity index (χ2n) is 9.20. The summed E-state index contributed by atoms with van der Waals surface area (Å²) in [5.41, 5.74) is 0.642. The van der Waals surface area contributed by atoms with Gasteiger partial charge in [0.05, 0.1) is 0 Å². The normalized spacial score (nSPS) is 14.8. The molecular formula is C22H32N2O5. The fourth-order valence-corrected chi connectivity index (χ4v) is 3.07. The molecule has 0 aromatic heterocycles. The van der Waals surface area contributed by atoms with Crippen molar-refractivity contribution < 1.29 is 23.9 Å². The number of hydrogen-bond donors (Lipinski definition) is 1. The molecule has 2 amide bonds. The number of esters is 1. The van der Waals surface area contributed by atoms with Crippen molar-refractivity contribution >= 4 is 23.7 Å². The van der Waals surface area contributed by atoms with Gasteiger partial charge in [-0.05, 0) is 66.0 Å². The van der Waals surface area contributed by atoms with Crippen molar-refractivity contribution in [2.24, 2.45) is 0 Å². The maximum absolute atomic E-state index is 12.8. The summed E-state index contributed by atoms with van der Waals surface area (Å²) in [5.74, 6) is -0.674. The van der Waals surface area contributed by atoms with Crippen LogP contribution in [-0.2, 0) is 25.5 Å². The smallest absolute Gasteiger partial charge is 0.408 e. The second kappa shape index (κ2) is 8.84. The first kappa shape index (κ1) is 22.7. The lowest BCUT2D eigenvalue weighted by atomic mass is 10.1. The second-order valence-corrected chi connectivity index (χ2v) is 9.20.